The normalized spacial score (nSPS) is 10.6. The van der Waals surface area contributed by atoms with Gasteiger partial charge in [0.1, 0.15) is 5.82 Å². The molecule has 0 aliphatic rings. The highest BCUT2D eigenvalue weighted by Gasteiger charge is 2.28. The van der Waals surface area contributed by atoms with Gasteiger partial charge in [-0.05, 0) is 9.91 Å². The summed E-state index contributed by atoms with van der Waals surface area (Å²) in [6.45, 7) is 0. The molecule has 0 unspecified atom stereocenters. The number of carbonyl (C=O) groups is 1. The van der Waals surface area contributed by atoms with Crippen LogP contribution in [0, 0.1) is 15.9 Å². The number of hydrogen-bond donors (Lipinski definition) is 1. The van der Waals surface area contributed by atoms with Crippen LogP contribution in [0.4, 0.5) is 19.0 Å². The monoisotopic (exact) mass is 250 g/mol. The van der Waals surface area contributed by atoms with Crippen molar-refractivity contribution in [3.8, 4) is 0 Å². The molecule has 1 aromatic rings. The summed E-state index contributed by atoms with van der Waals surface area (Å²) in [7, 11) is 0. The molecule has 1 heterocycles. The van der Waals surface area contributed by atoms with Crippen LogP contribution in [-0.2, 0) is 11.2 Å². The lowest BCUT2D eigenvalue weighted by Crippen LogP contribution is -2.10. The second-order valence-corrected chi connectivity index (χ2v) is 2.96. The number of carboxylic acid groups (broad SMARTS) is 1. The molecule has 9 heteroatoms. The Hall–Kier alpha value is -2.19. The van der Waals surface area contributed by atoms with Crippen molar-refractivity contribution < 1.29 is 28.0 Å². The Bertz CT molecular complexity index is 478. The second-order valence-electron chi connectivity index (χ2n) is 2.96. The molecule has 0 atom stereocenters. The minimum absolute atomic E-state index is 0.323. The van der Waals surface area contributed by atoms with Gasteiger partial charge in [-0.1, -0.05) is 0 Å². The van der Waals surface area contributed by atoms with Crippen molar-refractivity contribution >= 4 is 11.8 Å². The molecule has 0 radical (unpaired) electrons. The van der Waals surface area contributed by atoms with Gasteiger partial charge in [0.15, 0.2) is 6.20 Å². The van der Waals surface area contributed by atoms with E-state index in [0.717, 1.165) is 0 Å². The van der Waals surface area contributed by atoms with E-state index in [1.54, 1.807) is 0 Å². The number of hydrogen-bond acceptors (Lipinski definition) is 4. The molecule has 0 saturated carbocycles. The Morgan fingerprint density at radius 2 is 2.18 bits per heavy atom. The summed E-state index contributed by atoms with van der Waals surface area (Å²) in [4.78, 5) is 22.7. The van der Waals surface area contributed by atoms with Gasteiger partial charge in [0.05, 0.1) is 17.5 Å². The third-order valence-corrected chi connectivity index (χ3v) is 1.85. The number of halogens is 3. The summed E-state index contributed by atoms with van der Waals surface area (Å²) in [5.74, 6) is -4.27. The van der Waals surface area contributed by atoms with E-state index in [1.165, 1.54) is 0 Å². The molecule has 0 aliphatic heterocycles. The van der Waals surface area contributed by atoms with Crippen LogP contribution in [0.3, 0.4) is 0 Å². The molecule has 0 aliphatic carbocycles. The lowest BCUT2D eigenvalue weighted by atomic mass is 10.1. The van der Waals surface area contributed by atoms with Gasteiger partial charge in [0.2, 0.25) is 0 Å². The zero-order chi connectivity index (χ0) is 13.2. The maximum atomic E-state index is 13.4. The summed E-state index contributed by atoms with van der Waals surface area (Å²) in [6, 6.07) is 0. The first-order valence-electron chi connectivity index (χ1n) is 4.16. The van der Waals surface area contributed by atoms with Crippen molar-refractivity contribution in [3.63, 3.8) is 0 Å². The molecule has 17 heavy (non-hydrogen) atoms. The molecule has 0 amide bonds. The van der Waals surface area contributed by atoms with Crippen LogP contribution in [0.1, 0.15) is 17.6 Å². The third kappa shape index (κ3) is 2.68. The molecule has 6 nitrogen and oxygen atoms in total. The predicted octanol–water partition coefficient (Wildman–Crippen LogP) is 1.69. The zero-order valence-corrected chi connectivity index (χ0v) is 8.06. The molecule has 0 fully saturated rings. The van der Waals surface area contributed by atoms with Crippen LogP contribution in [0.2, 0.25) is 0 Å². The Labute approximate surface area is 91.9 Å². The SMILES string of the molecule is O=C(O)Cc1c([N+](=O)[O-])ncc(C(F)F)c1F. The minimum Gasteiger partial charge on any atom is -0.481 e. The molecule has 0 spiro atoms. The number of aromatic nitrogens is 1. The van der Waals surface area contributed by atoms with Gasteiger partial charge in [0, 0.05) is 0 Å². The topological polar surface area (TPSA) is 93.3 Å². The number of alkyl halides is 2. The Balaban J connectivity index is 3.41. The van der Waals surface area contributed by atoms with E-state index >= 15 is 0 Å². The summed E-state index contributed by atoms with van der Waals surface area (Å²) < 4.78 is 38.0. The van der Waals surface area contributed by atoms with Gasteiger partial charge >= 0.3 is 11.8 Å². The fourth-order valence-corrected chi connectivity index (χ4v) is 1.16. The summed E-state index contributed by atoms with van der Waals surface area (Å²) >= 11 is 0. The van der Waals surface area contributed by atoms with Crippen molar-refractivity contribution in [2.75, 3.05) is 0 Å². The largest absolute Gasteiger partial charge is 0.481 e. The first-order chi connectivity index (χ1) is 7.84. The van der Waals surface area contributed by atoms with Crippen LogP contribution >= 0.6 is 0 Å². The molecule has 0 saturated heterocycles. The lowest BCUT2D eigenvalue weighted by molar-refractivity contribution is -0.390. The fourth-order valence-electron chi connectivity index (χ4n) is 1.16. The average molecular weight is 250 g/mol. The molecule has 1 aromatic heterocycles. The molecule has 0 aromatic carbocycles. The molecule has 1 rings (SSSR count). The molecular weight excluding hydrogens is 245 g/mol. The van der Waals surface area contributed by atoms with Crippen LogP contribution in [0.15, 0.2) is 6.20 Å². The molecule has 0 bridgehead atoms. The first-order valence-corrected chi connectivity index (χ1v) is 4.16. The first kappa shape index (κ1) is 12.9. The van der Waals surface area contributed by atoms with Crippen molar-refractivity contribution in [2.24, 2.45) is 0 Å². The summed E-state index contributed by atoms with van der Waals surface area (Å²) in [6.07, 6.45) is -3.99. The van der Waals surface area contributed by atoms with Crippen LogP contribution in [-0.4, -0.2) is 21.0 Å². The standard InChI is InChI=1S/C8H5F3N2O4/c9-6-3(1-5(14)15)8(13(16)17)12-2-4(6)7(10)11/h2,7H,1H2,(H,14,15). The summed E-state index contributed by atoms with van der Waals surface area (Å²) in [5, 5.41) is 18.9. The van der Waals surface area contributed by atoms with Crippen molar-refractivity contribution in [1.29, 1.82) is 0 Å². The third-order valence-electron chi connectivity index (χ3n) is 1.85. The predicted molar refractivity (Wildman–Crippen MR) is 47.1 cm³/mol. The number of nitro groups is 1. The number of rotatable bonds is 4. The van der Waals surface area contributed by atoms with E-state index in [9.17, 15) is 28.1 Å². The highest BCUT2D eigenvalue weighted by Crippen LogP contribution is 2.28. The van der Waals surface area contributed by atoms with Crippen LogP contribution in [0.25, 0.3) is 0 Å². The second kappa shape index (κ2) is 4.76. The Morgan fingerprint density at radius 1 is 1.59 bits per heavy atom. The molecule has 1 N–H and O–H groups in total. The molecular formula is C8H5F3N2O4. The van der Waals surface area contributed by atoms with Gasteiger partial charge < -0.3 is 15.2 Å². The van der Waals surface area contributed by atoms with Crippen LogP contribution in [0.5, 0.6) is 0 Å². The Kier molecular flexibility index (Phi) is 3.61. The number of aliphatic carboxylic acids is 1. The van der Waals surface area contributed by atoms with E-state index in [2.05, 4.69) is 4.98 Å². The van der Waals surface area contributed by atoms with Gasteiger partial charge in [0.25, 0.3) is 6.43 Å². The Morgan fingerprint density at radius 3 is 2.59 bits per heavy atom. The van der Waals surface area contributed by atoms with Crippen molar-refractivity contribution in [3.05, 3.63) is 33.3 Å². The average Bonchev–Trinajstić information content (AvgIpc) is 2.19. The highest BCUT2D eigenvalue weighted by atomic mass is 19.3. The van der Waals surface area contributed by atoms with Gasteiger partial charge in [-0.25, -0.2) is 13.2 Å². The van der Waals surface area contributed by atoms with E-state index in [4.69, 9.17) is 5.11 Å². The molecule has 92 valence electrons. The van der Waals surface area contributed by atoms with E-state index in [1.807, 2.05) is 0 Å². The van der Waals surface area contributed by atoms with E-state index < -0.39 is 46.5 Å². The lowest BCUT2D eigenvalue weighted by Gasteiger charge is -2.05. The van der Waals surface area contributed by atoms with Crippen molar-refractivity contribution in [1.82, 2.24) is 4.98 Å². The van der Waals surface area contributed by atoms with Crippen LogP contribution < -0.4 is 0 Å². The van der Waals surface area contributed by atoms with E-state index in [-0.39, 0.29) is 0 Å². The maximum Gasteiger partial charge on any atom is 0.370 e. The number of nitrogens with zero attached hydrogens (tertiary/aromatic N) is 2. The quantitative estimate of drug-likeness (QED) is 0.648. The van der Waals surface area contributed by atoms with Gasteiger partial charge in [-0.15, -0.1) is 0 Å². The van der Waals surface area contributed by atoms with Gasteiger partial charge in [-0.2, -0.15) is 0 Å². The van der Waals surface area contributed by atoms with Gasteiger partial charge in [-0.3, -0.25) is 4.79 Å². The zero-order valence-electron chi connectivity index (χ0n) is 8.06. The minimum atomic E-state index is -3.23. The summed E-state index contributed by atoms with van der Waals surface area (Å²) in [5.41, 5.74) is -2.12. The van der Waals surface area contributed by atoms with Crippen molar-refractivity contribution in [2.45, 2.75) is 12.8 Å². The van der Waals surface area contributed by atoms with E-state index in [0.29, 0.717) is 6.20 Å². The fraction of sp³-hybridized carbons (Fsp3) is 0.250. The number of pyridine rings is 1. The smallest absolute Gasteiger partial charge is 0.370 e. The number of carboxylic acids is 1. The maximum absolute atomic E-state index is 13.4. The highest BCUT2D eigenvalue weighted by molar-refractivity contribution is 5.71.